The van der Waals surface area contributed by atoms with E-state index in [9.17, 15) is 0 Å². The van der Waals surface area contributed by atoms with Crippen molar-refractivity contribution in [3.05, 3.63) is 5.89 Å². The minimum atomic E-state index is 0.426. The van der Waals surface area contributed by atoms with Crippen LogP contribution in [0.3, 0.4) is 0 Å². The zero-order valence-corrected chi connectivity index (χ0v) is 11.4. The Balaban J connectivity index is 2.52. The molecule has 0 radical (unpaired) electrons. The predicted octanol–water partition coefficient (Wildman–Crippen LogP) is 1.85. The molecule has 1 aromatic rings. The second-order valence-electron chi connectivity index (χ2n) is 4.27. The molecule has 1 heterocycles. The SMILES string of the molecule is CCCNC(CC)Cc1nc(N(C)CC)no1. The van der Waals surface area contributed by atoms with Gasteiger partial charge in [0.25, 0.3) is 5.95 Å². The predicted molar refractivity (Wildman–Crippen MR) is 69.3 cm³/mol. The van der Waals surface area contributed by atoms with Gasteiger partial charge in [-0.1, -0.05) is 13.8 Å². The number of nitrogens with one attached hydrogen (secondary N) is 1. The Morgan fingerprint density at radius 2 is 2.12 bits per heavy atom. The lowest BCUT2D eigenvalue weighted by Gasteiger charge is -2.13. The van der Waals surface area contributed by atoms with E-state index in [0.29, 0.717) is 12.0 Å². The molecule has 0 aliphatic heterocycles. The number of hydrogen-bond donors (Lipinski definition) is 1. The third-order valence-corrected chi connectivity index (χ3v) is 2.87. The summed E-state index contributed by atoms with van der Waals surface area (Å²) in [7, 11) is 1.96. The monoisotopic (exact) mass is 240 g/mol. The van der Waals surface area contributed by atoms with Crippen molar-refractivity contribution in [2.75, 3.05) is 25.0 Å². The van der Waals surface area contributed by atoms with Gasteiger partial charge in [-0.05, 0) is 31.5 Å². The Morgan fingerprint density at radius 1 is 1.35 bits per heavy atom. The lowest BCUT2D eigenvalue weighted by Crippen LogP contribution is -2.31. The van der Waals surface area contributed by atoms with Crippen LogP contribution in [-0.4, -0.2) is 36.3 Å². The fourth-order valence-electron chi connectivity index (χ4n) is 1.55. The van der Waals surface area contributed by atoms with E-state index in [1.807, 2.05) is 11.9 Å². The first-order chi connectivity index (χ1) is 8.21. The molecule has 0 aliphatic carbocycles. The van der Waals surface area contributed by atoms with Crippen LogP contribution >= 0.6 is 0 Å². The summed E-state index contributed by atoms with van der Waals surface area (Å²) in [6.45, 7) is 8.32. The van der Waals surface area contributed by atoms with Gasteiger partial charge < -0.3 is 14.7 Å². The summed E-state index contributed by atoms with van der Waals surface area (Å²) < 4.78 is 5.26. The second kappa shape index (κ2) is 7.27. The maximum Gasteiger partial charge on any atom is 0.265 e. The standard InChI is InChI=1S/C12H24N4O/c1-5-8-13-10(6-2)9-11-14-12(15-17-11)16(4)7-3/h10,13H,5-9H2,1-4H3. The van der Waals surface area contributed by atoms with E-state index in [1.165, 1.54) is 0 Å². The van der Waals surface area contributed by atoms with Crippen LogP contribution in [0, 0.1) is 0 Å². The van der Waals surface area contributed by atoms with Crippen molar-refractivity contribution in [1.82, 2.24) is 15.5 Å². The lowest BCUT2D eigenvalue weighted by atomic mass is 10.1. The zero-order valence-electron chi connectivity index (χ0n) is 11.4. The number of nitrogens with zero attached hydrogens (tertiary/aromatic N) is 3. The molecule has 98 valence electrons. The third kappa shape index (κ3) is 4.34. The molecule has 0 aromatic carbocycles. The molecule has 0 saturated carbocycles. The molecule has 1 aromatic heterocycles. The number of hydrogen-bond acceptors (Lipinski definition) is 5. The molecule has 1 rings (SSSR count). The average Bonchev–Trinajstić information content (AvgIpc) is 2.81. The van der Waals surface area contributed by atoms with Crippen molar-refractivity contribution in [3.63, 3.8) is 0 Å². The Labute approximate surface area is 104 Å². The van der Waals surface area contributed by atoms with Crippen molar-refractivity contribution < 1.29 is 4.52 Å². The molecule has 1 unspecified atom stereocenters. The Bertz CT molecular complexity index is 313. The summed E-state index contributed by atoms with van der Waals surface area (Å²) >= 11 is 0. The maximum absolute atomic E-state index is 5.26. The van der Waals surface area contributed by atoms with Crippen molar-refractivity contribution in [2.24, 2.45) is 0 Å². The van der Waals surface area contributed by atoms with Gasteiger partial charge in [0.2, 0.25) is 5.89 Å². The topological polar surface area (TPSA) is 54.2 Å². The zero-order chi connectivity index (χ0) is 12.7. The fraction of sp³-hybridized carbons (Fsp3) is 0.833. The minimum absolute atomic E-state index is 0.426. The van der Waals surface area contributed by atoms with E-state index in [-0.39, 0.29) is 0 Å². The molecule has 0 fully saturated rings. The van der Waals surface area contributed by atoms with Crippen LogP contribution in [0.4, 0.5) is 5.95 Å². The molecule has 17 heavy (non-hydrogen) atoms. The van der Waals surface area contributed by atoms with Gasteiger partial charge in [0.05, 0.1) is 0 Å². The van der Waals surface area contributed by atoms with Gasteiger partial charge in [0.1, 0.15) is 0 Å². The smallest absolute Gasteiger partial charge is 0.265 e. The van der Waals surface area contributed by atoms with Crippen LogP contribution in [-0.2, 0) is 6.42 Å². The highest BCUT2D eigenvalue weighted by Gasteiger charge is 2.13. The summed E-state index contributed by atoms with van der Waals surface area (Å²) in [5.74, 6) is 1.39. The third-order valence-electron chi connectivity index (χ3n) is 2.87. The highest BCUT2D eigenvalue weighted by atomic mass is 16.5. The summed E-state index contributed by atoms with van der Waals surface area (Å²) in [5, 5.41) is 7.45. The van der Waals surface area contributed by atoms with Crippen LogP contribution in [0.1, 0.15) is 39.5 Å². The van der Waals surface area contributed by atoms with E-state index in [0.717, 1.165) is 38.2 Å². The Kier molecular flexibility index (Phi) is 5.97. The highest BCUT2D eigenvalue weighted by molar-refractivity contribution is 5.25. The Hall–Kier alpha value is -1.10. The van der Waals surface area contributed by atoms with Crippen LogP contribution < -0.4 is 10.2 Å². The largest absolute Gasteiger partial charge is 0.342 e. The minimum Gasteiger partial charge on any atom is -0.342 e. The van der Waals surface area contributed by atoms with Gasteiger partial charge in [-0.2, -0.15) is 4.98 Å². The molecule has 0 bridgehead atoms. The van der Waals surface area contributed by atoms with Gasteiger partial charge in [-0.3, -0.25) is 0 Å². The first-order valence-corrected chi connectivity index (χ1v) is 6.48. The van der Waals surface area contributed by atoms with Crippen LogP contribution in [0.2, 0.25) is 0 Å². The molecule has 0 aliphatic rings. The summed E-state index contributed by atoms with van der Waals surface area (Å²) in [5.41, 5.74) is 0. The average molecular weight is 240 g/mol. The lowest BCUT2D eigenvalue weighted by molar-refractivity contribution is 0.353. The summed E-state index contributed by atoms with van der Waals surface area (Å²) in [6, 6.07) is 0.426. The van der Waals surface area contributed by atoms with E-state index in [1.54, 1.807) is 0 Å². The van der Waals surface area contributed by atoms with E-state index < -0.39 is 0 Å². The van der Waals surface area contributed by atoms with Crippen molar-refractivity contribution in [1.29, 1.82) is 0 Å². The molecule has 1 atom stereocenters. The molecular formula is C12H24N4O. The number of aromatic nitrogens is 2. The van der Waals surface area contributed by atoms with Gasteiger partial charge in [0, 0.05) is 26.1 Å². The van der Waals surface area contributed by atoms with E-state index >= 15 is 0 Å². The van der Waals surface area contributed by atoms with Crippen LogP contribution in [0.5, 0.6) is 0 Å². The van der Waals surface area contributed by atoms with Gasteiger partial charge in [-0.25, -0.2) is 0 Å². The van der Waals surface area contributed by atoms with E-state index in [4.69, 9.17) is 4.52 Å². The first kappa shape index (κ1) is 14.0. The van der Waals surface area contributed by atoms with Crippen molar-refractivity contribution in [2.45, 2.75) is 46.1 Å². The molecule has 0 spiro atoms. The second-order valence-corrected chi connectivity index (χ2v) is 4.27. The van der Waals surface area contributed by atoms with E-state index in [2.05, 4.69) is 36.2 Å². The highest BCUT2D eigenvalue weighted by Crippen LogP contribution is 2.09. The normalized spacial score (nSPS) is 12.7. The first-order valence-electron chi connectivity index (χ1n) is 6.48. The Morgan fingerprint density at radius 3 is 2.71 bits per heavy atom. The quantitative estimate of drug-likeness (QED) is 0.751. The fourth-order valence-corrected chi connectivity index (χ4v) is 1.55. The van der Waals surface area contributed by atoms with Crippen molar-refractivity contribution >= 4 is 5.95 Å². The molecule has 0 amide bonds. The van der Waals surface area contributed by atoms with Gasteiger partial charge >= 0.3 is 0 Å². The molecule has 0 saturated heterocycles. The molecule has 1 N–H and O–H groups in total. The molecule has 5 nitrogen and oxygen atoms in total. The van der Waals surface area contributed by atoms with Crippen molar-refractivity contribution in [3.8, 4) is 0 Å². The number of anilines is 1. The summed E-state index contributed by atoms with van der Waals surface area (Å²) in [6.07, 6.45) is 3.02. The van der Waals surface area contributed by atoms with Crippen LogP contribution in [0.15, 0.2) is 4.52 Å². The summed E-state index contributed by atoms with van der Waals surface area (Å²) in [4.78, 5) is 6.35. The maximum atomic E-state index is 5.26. The van der Waals surface area contributed by atoms with Gasteiger partial charge in [-0.15, -0.1) is 0 Å². The van der Waals surface area contributed by atoms with Crippen LogP contribution in [0.25, 0.3) is 0 Å². The number of rotatable bonds is 8. The molecular weight excluding hydrogens is 216 g/mol. The van der Waals surface area contributed by atoms with Gasteiger partial charge in [0.15, 0.2) is 0 Å². The molecule has 5 heteroatoms.